The molecule has 162 valence electrons. The highest BCUT2D eigenvalue weighted by atomic mass is 35.5. The molecule has 2 aromatic carbocycles. The highest BCUT2D eigenvalue weighted by Crippen LogP contribution is 2.32. The molecule has 3 rings (SSSR count). The molecule has 0 aliphatic heterocycles. The fourth-order valence-electron chi connectivity index (χ4n) is 2.59. The maximum absolute atomic E-state index is 6.25. The first kappa shape index (κ1) is 24.6. The lowest BCUT2D eigenvalue weighted by Gasteiger charge is -2.16. The molecule has 0 saturated carbocycles. The minimum absolute atomic E-state index is 0. The van der Waals surface area contributed by atoms with Crippen LogP contribution in [-0.2, 0) is 20.2 Å². The van der Waals surface area contributed by atoms with Crippen LogP contribution in [0.4, 0.5) is 0 Å². The van der Waals surface area contributed by atoms with Gasteiger partial charge in [-0.2, -0.15) is 0 Å². The van der Waals surface area contributed by atoms with Crippen LogP contribution in [0.25, 0.3) is 0 Å². The van der Waals surface area contributed by atoms with Gasteiger partial charge in [0.05, 0.1) is 7.11 Å². The van der Waals surface area contributed by atoms with Crippen LogP contribution in [0.3, 0.4) is 0 Å². The summed E-state index contributed by atoms with van der Waals surface area (Å²) in [6, 6.07) is 11.2. The van der Waals surface area contributed by atoms with Gasteiger partial charge in [0, 0.05) is 47.1 Å². The third kappa shape index (κ3) is 6.65. The lowest BCUT2D eigenvalue weighted by atomic mass is 10.1. The van der Waals surface area contributed by atoms with Crippen molar-refractivity contribution in [2.45, 2.75) is 18.3 Å². The first-order valence-corrected chi connectivity index (χ1v) is 10.6. The summed E-state index contributed by atoms with van der Waals surface area (Å²) in [5.74, 6) is 2.21. The van der Waals surface area contributed by atoms with Crippen molar-refractivity contribution in [1.82, 2.24) is 25.5 Å². The first-order chi connectivity index (χ1) is 14.1. The van der Waals surface area contributed by atoms with Crippen molar-refractivity contribution in [2.24, 2.45) is 7.05 Å². The number of hydrogen-bond acceptors (Lipinski definition) is 7. The van der Waals surface area contributed by atoms with Gasteiger partial charge in [0.1, 0.15) is 6.61 Å². The van der Waals surface area contributed by atoms with Gasteiger partial charge in [0.25, 0.3) is 0 Å². The molecule has 0 atom stereocenters. The number of hydrogen-bond donors (Lipinski definition) is 1. The molecule has 11 heteroatoms. The molecule has 30 heavy (non-hydrogen) atoms. The van der Waals surface area contributed by atoms with Gasteiger partial charge >= 0.3 is 0 Å². The molecule has 0 spiro atoms. The monoisotopic (exact) mass is 489 g/mol. The summed E-state index contributed by atoms with van der Waals surface area (Å²) >= 11 is 13.8. The molecule has 1 N–H and O–H groups in total. The summed E-state index contributed by atoms with van der Waals surface area (Å²) in [7, 11) is 3.45. The van der Waals surface area contributed by atoms with Crippen molar-refractivity contribution in [3.05, 3.63) is 57.6 Å². The molecule has 0 radical (unpaired) electrons. The maximum Gasteiger partial charge on any atom is 0.209 e. The molecule has 1 heterocycles. The Kier molecular flexibility index (Phi) is 10.0. The standard InChI is InChI=1S/C19H21Cl2N5O2S.ClH/c1-26-19(23-24-25-26)29-9-8-22-11-13-4-3-5-17(27-2)18(13)28-12-14-6-7-15(20)10-16(14)21;/h3-7,10,22H,8-9,11-12H2,1-2H3;1H. The van der Waals surface area contributed by atoms with E-state index in [0.29, 0.717) is 34.7 Å². The van der Waals surface area contributed by atoms with Crippen LogP contribution in [0.2, 0.25) is 10.0 Å². The Bertz CT molecular complexity index is 958. The topological polar surface area (TPSA) is 74.1 Å². The largest absolute Gasteiger partial charge is 0.493 e. The van der Waals surface area contributed by atoms with Gasteiger partial charge in [-0.25, -0.2) is 4.68 Å². The molecule has 0 bridgehead atoms. The minimum atomic E-state index is 0. The number of aryl methyl sites for hydroxylation is 1. The van der Waals surface area contributed by atoms with Crippen LogP contribution in [0, 0.1) is 0 Å². The zero-order valence-corrected chi connectivity index (χ0v) is 19.6. The zero-order valence-electron chi connectivity index (χ0n) is 16.5. The maximum atomic E-state index is 6.25. The number of nitrogens with one attached hydrogen (secondary N) is 1. The minimum Gasteiger partial charge on any atom is -0.493 e. The molecule has 1 aromatic heterocycles. The van der Waals surface area contributed by atoms with Crippen molar-refractivity contribution in [3.8, 4) is 11.5 Å². The van der Waals surface area contributed by atoms with E-state index in [1.54, 1.807) is 35.7 Å². The predicted molar refractivity (Wildman–Crippen MR) is 122 cm³/mol. The Morgan fingerprint density at radius 2 is 2.00 bits per heavy atom. The second kappa shape index (κ2) is 12.2. The fourth-order valence-corrected chi connectivity index (χ4v) is 3.80. The molecular weight excluding hydrogens is 469 g/mol. The van der Waals surface area contributed by atoms with E-state index < -0.39 is 0 Å². The first-order valence-electron chi connectivity index (χ1n) is 8.87. The van der Waals surface area contributed by atoms with Gasteiger partial charge in [-0.05, 0) is 28.6 Å². The van der Waals surface area contributed by atoms with E-state index in [1.165, 1.54) is 0 Å². The van der Waals surface area contributed by atoms with E-state index in [4.69, 9.17) is 32.7 Å². The van der Waals surface area contributed by atoms with Crippen LogP contribution in [0.5, 0.6) is 11.5 Å². The number of ether oxygens (including phenoxy) is 2. The molecule has 7 nitrogen and oxygen atoms in total. The van der Waals surface area contributed by atoms with Gasteiger partial charge in [-0.15, -0.1) is 17.5 Å². The normalized spacial score (nSPS) is 10.5. The third-order valence-corrected chi connectivity index (χ3v) is 5.67. The third-order valence-electron chi connectivity index (χ3n) is 4.07. The smallest absolute Gasteiger partial charge is 0.209 e. The molecule has 0 saturated heterocycles. The van der Waals surface area contributed by atoms with Crippen LogP contribution < -0.4 is 14.8 Å². The predicted octanol–water partition coefficient (Wildman–Crippen LogP) is 4.41. The summed E-state index contributed by atoms with van der Waals surface area (Å²) in [4.78, 5) is 0. The van der Waals surface area contributed by atoms with Crippen molar-refractivity contribution < 1.29 is 9.47 Å². The summed E-state index contributed by atoms with van der Waals surface area (Å²) in [5.41, 5.74) is 1.86. The molecule has 0 unspecified atom stereocenters. The number of methoxy groups -OCH3 is 1. The van der Waals surface area contributed by atoms with E-state index in [0.717, 1.165) is 28.6 Å². The number of benzene rings is 2. The van der Waals surface area contributed by atoms with E-state index in [2.05, 4.69) is 20.8 Å². The van der Waals surface area contributed by atoms with Gasteiger partial charge in [-0.1, -0.05) is 53.2 Å². The van der Waals surface area contributed by atoms with Crippen molar-refractivity contribution in [3.63, 3.8) is 0 Å². The van der Waals surface area contributed by atoms with E-state index in [-0.39, 0.29) is 12.4 Å². The molecule has 0 aliphatic carbocycles. The number of tetrazole rings is 1. The lowest BCUT2D eigenvalue weighted by molar-refractivity contribution is 0.281. The van der Waals surface area contributed by atoms with Crippen molar-refractivity contribution in [2.75, 3.05) is 19.4 Å². The van der Waals surface area contributed by atoms with Crippen molar-refractivity contribution in [1.29, 1.82) is 0 Å². The number of aromatic nitrogens is 4. The van der Waals surface area contributed by atoms with Crippen LogP contribution >= 0.6 is 47.4 Å². The summed E-state index contributed by atoms with van der Waals surface area (Å²) in [6.07, 6.45) is 0. The summed E-state index contributed by atoms with van der Waals surface area (Å²) in [6.45, 7) is 1.74. The van der Waals surface area contributed by atoms with Crippen LogP contribution in [0.15, 0.2) is 41.6 Å². The molecule has 3 aromatic rings. The van der Waals surface area contributed by atoms with Gasteiger partial charge in [-0.3, -0.25) is 0 Å². The van der Waals surface area contributed by atoms with E-state index >= 15 is 0 Å². The highest BCUT2D eigenvalue weighted by Gasteiger charge is 2.12. The van der Waals surface area contributed by atoms with Crippen molar-refractivity contribution >= 4 is 47.4 Å². The Morgan fingerprint density at radius 3 is 2.70 bits per heavy atom. The van der Waals surface area contributed by atoms with E-state index in [9.17, 15) is 0 Å². The fraction of sp³-hybridized carbons (Fsp3) is 0.316. The Morgan fingerprint density at radius 1 is 1.17 bits per heavy atom. The Labute approximate surface area is 195 Å². The molecular formula is C19H22Cl3N5O2S. The number of halogens is 3. The quantitative estimate of drug-likeness (QED) is 0.333. The second-order valence-corrected chi connectivity index (χ2v) is 7.99. The van der Waals surface area contributed by atoms with E-state index in [1.807, 2.05) is 31.3 Å². The number of nitrogens with zero attached hydrogens (tertiary/aromatic N) is 4. The van der Waals surface area contributed by atoms with Gasteiger partial charge < -0.3 is 14.8 Å². The highest BCUT2D eigenvalue weighted by molar-refractivity contribution is 7.99. The van der Waals surface area contributed by atoms with Crippen LogP contribution in [-0.4, -0.2) is 39.6 Å². The number of para-hydroxylation sites is 1. The molecule has 0 aliphatic rings. The average Bonchev–Trinajstić information content (AvgIpc) is 3.12. The average molecular weight is 491 g/mol. The molecule has 0 amide bonds. The SMILES string of the molecule is COc1cccc(CNCCSc2nnnn2C)c1OCc1ccc(Cl)cc1Cl.Cl. The lowest BCUT2D eigenvalue weighted by Crippen LogP contribution is -2.17. The number of thioether (sulfide) groups is 1. The molecule has 0 fully saturated rings. The summed E-state index contributed by atoms with van der Waals surface area (Å²) in [5, 5.41) is 16.8. The number of rotatable bonds is 10. The summed E-state index contributed by atoms with van der Waals surface area (Å²) < 4.78 is 13.2. The van der Waals surface area contributed by atoms with Gasteiger partial charge in [0.2, 0.25) is 5.16 Å². The van der Waals surface area contributed by atoms with Crippen LogP contribution in [0.1, 0.15) is 11.1 Å². The Hall–Kier alpha value is -1.71. The Balaban J connectivity index is 0.00000320. The zero-order chi connectivity index (χ0) is 20.6. The van der Waals surface area contributed by atoms with Gasteiger partial charge in [0.15, 0.2) is 11.5 Å². The second-order valence-electron chi connectivity index (χ2n) is 6.08.